The maximum Gasteiger partial charge on any atom is 0.345 e. The number of amides is 2. The van der Waals surface area contributed by atoms with Gasteiger partial charge in [-0.2, -0.15) is 0 Å². The predicted molar refractivity (Wildman–Crippen MR) is 251 cm³/mol. The number of ether oxygens (including phenoxy) is 2. The summed E-state index contributed by atoms with van der Waals surface area (Å²) in [5.74, 6) is -3.70. The van der Waals surface area contributed by atoms with Crippen molar-refractivity contribution in [2.24, 2.45) is 0 Å². The molecular weight excluding hydrogens is 869 g/mol. The standard InChI is InChI=1S/C27H28N4O6.C24H26N4O3/c32-23(33)5-6-24(34)37-27(36)22-3-1-21(2-4-22)25(30-17-11-19-7-13-28-14-8-19)26(35)31-18-12-20-9-15-29-16-10-20;1-31-24(30)21-4-2-20(3-5-21)22(27-16-10-18-6-12-25-13-7-18)23(29)28-17-11-19-8-14-26-15-9-19/h1-4,7-10,13-16,25,30H,5-6,11-12,17-18H2,(H,31,35)(H,32,33);2-9,12-15,22,27H,10-11,16-17H2,1H3,(H,28,29). The first kappa shape index (κ1) is 51.0. The minimum Gasteiger partial charge on any atom is -0.481 e. The van der Waals surface area contributed by atoms with Crippen molar-refractivity contribution in [1.82, 2.24) is 41.2 Å². The first-order valence-corrected chi connectivity index (χ1v) is 21.9. The summed E-state index contributed by atoms with van der Waals surface area (Å²) in [6, 6.07) is 27.2. The number of esters is 3. The lowest BCUT2D eigenvalue weighted by atomic mass is 10.0. The van der Waals surface area contributed by atoms with Crippen LogP contribution in [0, 0.1) is 0 Å². The highest BCUT2D eigenvalue weighted by molar-refractivity contribution is 5.97. The van der Waals surface area contributed by atoms with Crippen LogP contribution < -0.4 is 21.3 Å². The van der Waals surface area contributed by atoms with Crippen molar-refractivity contribution in [3.63, 3.8) is 0 Å². The van der Waals surface area contributed by atoms with Gasteiger partial charge in [-0.1, -0.05) is 24.3 Å². The number of rotatable bonds is 23. The fraction of sp³-hybridized carbons (Fsp3) is 0.255. The van der Waals surface area contributed by atoms with Gasteiger partial charge in [0.1, 0.15) is 12.1 Å². The summed E-state index contributed by atoms with van der Waals surface area (Å²) in [5.41, 5.74) is 6.35. The minimum absolute atomic E-state index is 0.112. The number of benzene rings is 2. The van der Waals surface area contributed by atoms with Gasteiger partial charge < -0.3 is 35.8 Å². The molecule has 2 aromatic carbocycles. The van der Waals surface area contributed by atoms with Crippen molar-refractivity contribution in [2.75, 3.05) is 33.3 Å². The monoisotopic (exact) mass is 922 g/mol. The summed E-state index contributed by atoms with van der Waals surface area (Å²) in [6.45, 7) is 2.10. The van der Waals surface area contributed by atoms with E-state index in [-0.39, 0.29) is 17.4 Å². The highest BCUT2D eigenvalue weighted by Gasteiger charge is 2.22. The molecule has 0 spiro atoms. The van der Waals surface area contributed by atoms with E-state index in [4.69, 9.17) is 14.6 Å². The SMILES string of the molecule is COC(=O)c1ccc(C(NCCc2ccncc2)C(=O)NCCc2ccncc2)cc1.O=C(O)CCC(=O)OC(=O)c1ccc(C(NCCc2ccncc2)C(=O)NCCc2ccncc2)cc1. The fourth-order valence-corrected chi connectivity index (χ4v) is 6.67. The Kier molecular flexibility index (Phi) is 21.1. The third-order valence-electron chi connectivity index (χ3n) is 10.4. The lowest BCUT2D eigenvalue weighted by molar-refractivity contribution is -0.144. The van der Waals surface area contributed by atoms with Crippen LogP contribution >= 0.6 is 0 Å². The van der Waals surface area contributed by atoms with E-state index in [1.54, 1.807) is 86.0 Å². The molecule has 17 heteroatoms. The number of hydrogen-bond acceptors (Lipinski definition) is 14. The molecule has 6 rings (SSSR count). The molecule has 17 nitrogen and oxygen atoms in total. The Morgan fingerprint density at radius 1 is 0.471 bits per heavy atom. The smallest absolute Gasteiger partial charge is 0.345 e. The summed E-state index contributed by atoms with van der Waals surface area (Å²) in [7, 11) is 1.34. The minimum atomic E-state index is -1.16. The lowest BCUT2D eigenvalue weighted by Gasteiger charge is -2.19. The second kappa shape index (κ2) is 28.1. The summed E-state index contributed by atoms with van der Waals surface area (Å²) < 4.78 is 9.45. The Balaban J connectivity index is 0.000000258. The Hall–Kier alpha value is -8.02. The molecule has 352 valence electrons. The second-order valence-electron chi connectivity index (χ2n) is 15.2. The van der Waals surface area contributed by atoms with Crippen molar-refractivity contribution in [3.05, 3.63) is 191 Å². The van der Waals surface area contributed by atoms with Gasteiger partial charge in [0.25, 0.3) is 0 Å². The van der Waals surface area contributed by atoms with Crippen LogP contribution in [0.5, 0.6) is 0 Å². The average Bonchev–Trinajstić information content (AvgIpc) is 3.37. The number of aliphatic carboxylic acids is 1. The van der Waals surface area contributed by atoms with Gasteiger partial charge in [-0.15, -0.1) is 0 Å². The first-order chi connectivity index (χ1) is 33.1. The van der Waals surface area contributed by atoms with Gasteiger partial charge in [-0.25, -0.2) is 9.59 Å². The molecule has 0 bridgehead atoms. The van der Waals surface area contributed by atoms with E-state index in [1.807, 2.05) is 48.5 Å². The molecule has 4 heterocycles. The van der Waals surface area contributed by atoms with Crippen LogP contribution in [0.4, 0.5) is 0 Å². The number of aromatic nitrogens is 4. The molecule has 0 aliphatic carbocycles. The molecule has 5 N–H and O–H groups in total. The van der Waals surface area contributed by atoms with Crippen LogP contribution in [-0.4, -0.2) is 94.0 Å². The van der Waals surface area contributed by atoms with Crippen LogP contribution in [0.25, 0.3) is 0 Å². The quantitative estimate of drug-likeness (QED) is 0.0430. The van der Waals surface area contributed by atoms with E-state index >= 15 is 0 Å². The molecule has 6 aromatic rings. The zero-order chi connectivity index (χ0) is 48.4. The normalized spacial score (nSPS) is 11.4. The number of nitrogens with zero attached hydrogens (tertiary/aromatic N) is 4. The van der Waals surface area contributed by atoms with Crippen molar-refractivity contribution in [3.8, 4) is 0 Å². The summed E-state index contributed by atoms with van der Waals surface area (Å²) in [6.07, 6.45) is 15.8. The highest BCUT2D eigenvalue weighted by Crippen LogP contribution is 2.18. The summed E-state index contributed by atoms with van der Waals surface area (Å²) >= 11 is 0. The largest absolute Gasteiger partial charge is 0.481 e. The lowest BCUT2D eigenvalue weighted by Crippen LogP contribution is -2.39. The topological polar surface area (TPSA) is 241 Å². The van der Waals surface area contributed by atoms with Crippen LogP contribution in [0.15, 0.2) is 147 Å². The number of carbonyl (C=O) groups is 6. The maximum atomic E-state index is 13.1. The maximum absolute atomic E-state index is 13.1. The van der Waals surface area contributed by atoms with Crippen LogP contribution in [0.1, 0.15) is 79.0 Å². The molecule has 0 saturated carbocycles. The third kappa shape index (κ3) is 17.8. The Bertz CT molecular complexity index is 2500. The molecule has 2 unspecified atom stereocenters. The van der Waals surface area contributed by atoms with Gasteiger partial charge in [0.2, 0.25) is 11.8 Å². The molecule has 2 atom stereocenters. The number of carboxylic acids is 1. The van der Waals surface area contributed by atoms with E-state index in [1.165, 1.54) is 19.2 Å². The number of nitrogens with one attached hydrogen (secondary N) is 4. The molecule has 2 amide bonds. The first-order valence-electron chi connectivity index (χ1n) is 21.9. The Morgan fingerprint density at radius 2 is 0.809 bits per heavy atom. The summed E-state index contributed by atoms with van der Waals surface area (Å²) in [4.78, 5) is 88.2. The highest BCUT2D eigenvalue weighted by atomic mass is 16.6. The number of pyridine rings is 4. The Morgan fingerprint density at radius 3 is 1.15 bits per heavy atom. The van der Waals surface area contributed by atoms with Gasteiger partial charge in [-0.3, -0.25) is 39.1 Å². The fourth-order valence-electron chi connectivity index (χ4n) is 6.67. The third-order valence-corrected chi connectivity index (χ3v) is 10.4. The van der Waals surface area contributed by atoms with Crippen LogP contribution in [0.3, 0.4) is 0 Å². The van der Waals surface area contributed by atoms with E-state index in [0.29, 0.717) is 50.1 Å². The van der Waals surface area contributed by atoms with Gasteiger partial charge in [-0.05, 0) is 132 Å². The van der Waals surface area contributed by atoms with Gasteiger partial charge in [0, 0.05) is 75.8 Å². The molecular formula is C51H54N8O9. The average molecular weight is 923 g/mol. The second-order valence-corrected chi connectivity index (χ2v) is 15.2. The van der Waals surface area contributed by atoms with Crippen molar-refractivity contribution in [1.29, 1.82) is 0 Å². The zero-order valence-corrected chi connectivity index (χ0v) is 37.6. The van der Waals surface area contributed by atoms with E-state index in [0.717, 1.165) is 40.7 Å². The van der Waals surface area contributed by atoms with Crippen LogP contribution in [-0.2, 0) is 54.3 Å². The van der Waals surface area contributed by atoms with E-state index < -0.39 is 48.8 Å². The van der Waals surface area contributed by atoms with Crippen molar-refractivity contribution < 1.29 is 43.3 Å². The molecule has 0 saturated heterocycles. The number of carbonyl (C=O) groups excluding carboxylic acids is 5. The molecule has 4 aromatic heterocycles. The number of methoxy groups -OCH3 is 1. The number of hydrogen-bond donors (Lipinski definition) is 5. The molecule has 0 aliphatic heterocycles. The van der Waals surface area contributed by atoms with Crippen molar-refractivity contribution >= 4 is 35.7 Å². The van der Waals surface area contributed by atoms with E-state index in [9.17, 15) is 28.8 Å². The summed E-state index contributed by atoms with van der Waals surface area (Å²) in [5, 5.41) is 21.2. The van der Waals surface area contributed by atoms with Gasteiger partial charge >= 0.3 is 23.9 Å². The number of carboxylic acid groups (broad SMARTS) is 1. The Labute approximate surface area is 394 Å². The van der Waals surface area contributed by atoms with Crippen molar-refractivity contribution in [2.45, 2.75) is 50.6 Å². The molecule has 0 aliphatic rings. The molecule has 68 heavy (non-hydrogen) atoms. The van der Waals surface area contributed by atoms with Crippen LogP contribution in [0.2, 0.25) is 0 Å². The predicted octanol–water partition coefficient (Wildman–Crippen LogP) is 4.75. The molecule has 0 radical (unpaired) electrons. The van der Waals surface area contributed by atoms with Gasteiger partial charge in [0.15, 0.2) is 0 Å². The van der Waals surface area contributed by atoms with Gasteiger partial charge in [0.05, 0.1) is 31.1 Å². The molecule has 0 fully saturated rings. The van der Waals surface area contributed by atoms with E-state index in [2.05, 4.69) is 41.2 Å². The zero-order valence-electron chi connectivity index (χ0n) is 37.6.